The van der Waals surface area contributed by atoms with Crippen LogP contribution in [0.1, 0.15) is 49.5 Å². The van der Waals surface area contributed by atoms with E-state index in [2.05, 4.69) is 5.32 Å². The van der Waals surface area contributed by atoms with Crippen LogP contribution in [0.3, 0.4) is 0 Å². The molecular formula is C22H25NO5. The zero-order chi connectivity index (χ0) is 20.3. The second-order valence-corrected chi connectivity index (χ2v) is 7.95. The SMILES string of the molecule is CC(C)(C)OC(=O)NC1CC(Oc2ccc(C(=O)c3ccc(O)cc3)cc2)C1. The van der Waals surface area contributed by atoms with Crippen molar-refractivity contribution in [1.29, 1.82) is 0 Å². The fourth-order valence-electron chi connectivity index (χ4n) is 2.91. The molecular weight excluding hydrogens is 358 g/mol. The summed E-state index contributed by atoms with van der Waals surface area (Å²) in [6.45, 7) is 5.49. The minimum Gasteiger partial charge on any atom is -0.508 e. The predicted octanol–water partition coefficient (Wildman–Crippen LogP) is 4.06. The average molecular weight is 383 g/mol. The van der Waals surface area contributed by atoms with E-state index in [0.717, 1.165) is 0 Å². The summed E-state index contributed by atoms with van der Waals surface area (Å²) in [5.41, 5.74) is 0.556. The van der Waals surface area contributed by atoms with Gasteiger partial charge < -0.3 is 19.9 Å². The number of phenols is 1. The highest BCUT2D eigenvalue weighted by Crippen LogP contribution is 2.27. The van der Waals surface area contributed by atoms with Crippen molar-refractivity contribution in [3.63, 3.8) is 0 Å². The Morgan fingerprint density at radius 2 is 1.50 bits per heavy atom. The van der Waals surface area contributed by atoms with Crippen molar-refractivity contribution in [2.75, 3.05) is 0 Å². The van der Waals surface area contributed by atoms with E-state index in [1.54, 1.807) is 36.4 Å². The Bertz CT molecular complexity index is 831. The number of phenolic OH excluding ortho intramolecular Hbond substituents is 1. The maximum atomic E-state index is 12.4. The second-order valence-electron chi connectivity index (χ2n) is 7.95. The van der Waals surface area contributed by atoms with Crippen molar-refractivity contribution in [3.05, 3.63) is 59.7 Å². The first-order valence-electron chi connectivity index (χ1n) is 9.29. The molecule has 6 nitrogen and oxygen atoms in total. The van der Waals surface area contributed by atoms with Crippen LogP contribution in [0, 0.1) is 0 Å². The molecule has 3 rings (SSSR count). The lowest BCUT2D eigenvalue weighted by Gasteiger charge is -2.36. The number of aromatic hydroxyl groups is 1. The van der Waals surface area contributed by atoms with Gasteiger partial charge >= 0.3 is 6.09 Å². The van der Waals surface area contributed by atoms with Gasteiger partial charge in [0.2, 0.25) is 0 Å². The Balaban J connectivity index is 1.47. The van der Waals surface area contributed by atoms with Crippen molar-refractivity contribution >= 4 is 11.9 Å². The van der Waals surface area contributed by atoms with E-state index < -0.39 is 11.7 Å². The van der Waals surface area contributed by atoms with E-state index in [4.69, 9.17) is 9.47 Å². The zero-order valence-corrected chi connectivity index (χ0v) is 16.3. The van der Waals surface area contributed by atoms with Crippen LogP contribution in [0.15, 0.2) is 48.5 Å². The highest BCUT2D eigenvalue weighted by Gasteiger charge is 2.33. The van der Waals surface area contributed by atoms with Crippen LogP contribution >= 0.6 is 0 Å². The van der Waals surface area contributed by atoms with Crippen molar-refractivity contribution in [2.45, 2.75) is 51.4 Å². The monoisotopic (exact) mass is 383 g/mol. The number of alkyl carbamates (subject to hydrolysis) is 1. The van der Waals surface area contributed by atoms with Gasteiger partial charge in [0.25, 0.3) is 0 Å². The third kappa shape index (κ3) is 5.25. The fourth-order valence-corrected chi connectivity index (χ4v) is 2.91. The molecule has 2 aromatic rings. The normalized spacial score (nSPS) is 18.7. The standard InChI is InChI=1S/C22H25NO5/c1-22(2,3)28-21(26)23-16-12-19(13-16)27-18-10-6-15(7-11-18)20(25)14-4-8-17(24)9-5-14/h4-11,16,19,24H,12-13H2,1-3H3,(H,23,26). The Morgan fingerprint density at radius 3 is 2.04 bits per heavy atom. The van der Waals surface area contributed by atoms with Crippen LogP contribution in [-0.4, -0.2) is 34.7 Å². The molecule has 0 saturated heterocycles. The van der Waals surface area contributed by atoms with Gasteiger partial charge in [-0.3, -0.25) is 4.79 Å². The second kappa shape index (κ2) is 7.92. The van der Waals surface area contributed by atoms with Gasteiger partial charge in [0.1, 0.15) is 23.2 Å². The summed E-state index contributed by atoms with van der Waals surface area (Å²) in [6, 6.07) is 13.2. The van der Waals surface area contributed by atoms with Crippen LogP contribution in [0.5, 0.6) is 11.5 Å². The molecule has 0 bridgehead atoms. The van der Waals surface area contributed by atoms with Gasteiger partial charge in [-0.25, -0.2) is 4.79 Å². The van der Waals surface area contributed by atoms with Gasteiger partial charge in [-0.05, 0) is 69.3 Å². The van der Waals surface area contributed by atoms with Crippen LogP contribution < -0.4 is 10.1 Å². The maximum Gasteiger partial charge on any atom is 0.407 e. The number of carbonyl (C=O) groups is 2. The van der Waals surface area contributed by atoms with Gasteiger partial charge in [-0.15, -0.1) is 0 Å². The Hall–Kier alpha value is -3.02. The zero-order valence-electron chi connectivity index (χ0n) is 16.3. The highest BCUT2D eigenvalue weighted by atomic mass is 16.6. The first-order valence-corrected chi connectivity index (χ1v) is 9.29. The van der Waals surface area contributed by atoms with Crippen molar-refractivity contribution in [2.24, 2.45) is 0 Å². The first kappa shape index (κ1) is 19.7. The van der Waals surface area contributed by atoms with Crippen LogP contribution in [-0.2, 0) is 4.74 Å². The lowest BCUT2D eigenvalue weighted by atomic mass is 9.89. The molecule has 0 atom stereocenters. The highest BCUT2D eigenvalue weighted by molar-refractivity contribution is 6.09. The molecule has 148 valence electrons. The maximum absolute atomic E-state index is 12.4. The summed E-state index contributed by atoms with van der Waals surface area (Å²) in [4.78, 5) is 24.2. The number of nitrogens with one attached hydrogen (secondary N) is 1. The smallest absolute Gasteiger partial charge is 0.407 e. The first-order chi connectivity index (χ1) is 13.2. The number of benzene rings is 2. The predicted molar refractivity (Wildman–Crippen MR) is 105 cm³/mol. The molecule has 0 radical (unpaired) electrons. The molecule has 1 amide bonds. The van der Waals surface area contributed by atoms with Gasteiger partial charge in [0.15, 0.2) is 5.78 Å². The minimum absolute atomic E-state index is 0.0265. The molecule has 0 aliphatic heterocycles. The lowest BCUT2D eigenvalue weighted by Crippen LogP contribution is -2.50. The van der Waals surface area contributed by atoms with Gasteiger partial charge in [-0.2, -0.15) is 0 Å². The van der Waals surface area contributed by atoms with Gasteiger partial charge in [0.05, 0.1) is 0 Å². The van der Waals surface area contributed by atoms with Crippen molar-refractivity contribution < 1.29 is 24.2 Å². The van der Waals surface area contributed by atoms with Crippen LogP contribution in [0.4, 0.5) is 4.79 Å². The Morgan fingerprint density at radius 1 is 0.964 bits per heavy atom. The Labute approximate surface area is 164 Å². The van der Waals surface area contributed by atoms with Crippen LogP contribution in [0.2, 0.25) is 0 Å². The van der Waals surface area contributed by atoms with E-state index in [0.29, 0.717) is 29.7 Å². The van der Waals surface area contributed by atoms with E-state index >= 15 is 0 Å². The third-order valence-corrected chi connectivity index (χ3v) is 4.36. The van der Waals surface area contributed by atoms with E-state index in [9.17, 15) is 14.7 Å². The van der Waals surface area contributed by atoms with E-state index in [-0.39, 0.29) is 23.7 Å². The molecule has 0 spiro atoms. The van der Waals surface area contributed by atoms with Crippen molar-refractivity contribution in [1.82, 2.24) is 5.32 Å². The fraction of sp³-hybridized carbons (Fsp3) is 0.364. The van der Waals surface area contributed by atoms with Crippen LogP contribution in [0.25, 0.3) is 0 Å². The molecule has 6 heteroatoms. The summed E-state index contributed by atoms with van der Waals surface area (Å²) >= 11 is 0. The third-order valence-electron chi connectivity index (χ3n) is 4.36. The molecule has 1 aliphatic rings. The molecule has 0 unspecified atom stereocenters. The quantitative estimate of drug-likeness (QED) is 0.761. The summed E-state index contributed by atoms with van der Waals surface area (Å²) < 4.78 is 11.1. The van der Waals surface area contributed by atoms with Gasteiger partial charge in [-0.1, -0.05) is 0 Å². The van der Waals surface area contributed by atoms with E-state index in [1.165, 1.54) is 12.1 Å². The number of carbonyl (C=O) groups excluding carboxylic acids is 2. The Kier molecular flexibility index (Phi) is 5.58. The summed E-state index contributed by atoms with van der Waals surface area (Å²) in [6.07, 6.45) is 1.05. The van der Waals surface area contributed by atoms with Gasteiger partial charge in [0, 0.05) is 30.0 Å². The number of hydrogen-bond donors (Lipinski definition) is 2. The molecule has 0 heterocycles. The summed E-state index contributed by atoms with van der Waals surface area (Å²) in [7, 11) is 0. The summed E-state index contributed by atoms with van der Waals surface area (Å²) in [5.74, 6) is 0.694. The van der Waals surface area contributed by atoms with E-state index in [1.807, 2.05) is 20.8 Å². The average Bonchev–Trinajstić information content (AvgIpc) is 2.59. The molecule has 2 aromatic carbocycles. The number of hydrogen-bond acceptors (Lipinski definition) is 5. The largest absolute Gasteiger partial charge is 0.508 e. The minimum atomic E-state index is -0.511. The number of ether oxygens (including phenoxy) is 2. The number of amides is 1. The topological polar surface area (TPSA) is 84.9 Å². The summed E-state index contributed by atoms with van der Waals surface area (Å²) in [5, 5.41) is 12.1. The molecule has 0 aromatic heterocycles. The lowest BCUT2D eigenvalue weighted by molar-refractivity contribution is 0.0363. The molecule has 1 fully saturated rings. The molecule has 2 N–H and O–H groups in total. The number of ketones is 1. The number of rotatable bonds is 5. The van der Waals surface area contributed by atoms with Crippen molar-refractivity contribution in [3.8, 4) is 11.5 Å². The molecule has 1 aliphatic carbocycles. The molecule has 1 saturated carbocycles. The molecule has 28 heavy (non-hydrogen) atoms.